The van der Waals surface area contributed by atoms with E-state index in [0.29, 0.717) is 19.3 Å². The normalized spacial score (nSPS) is 12.8. The van der Waals surface area contributed by atoms with Gasteiger partial charge in [0, 0.05) is 19.3 Å². The average molecular weight is 793 g/mol. The summed E-state index contributed by atoms with van der Waals surface area (Å²) in [5, 5.41) is 0. The van der Waals surface area contributed by atoms with Crippen LogP contribution < -0.4 is 0 Å². The summed E-state index contributed by atoms with van der Waals surface area (Å²) in [5.74, 6) is -1.06. The minimum atomic E-state index is -0.826. The first-order chi connectivity index (χ1) is 28.0. The predicted octanol–water partition coefficient (Wildman–Crippen LogP) is 14.9. The van der Waals surface area contributed by atoms with Crippen LogP contribution in [-0.4, -0.2) is 37.2 Å². The molecule has 0 spiro atoms. The van der Waals surface area contributed by atoms with Crippen molar-refractivity contribution >= 4 is 17.9 Å². The van der Waals surface area contributed by atoms with Gasteiger partial charge in [-0.1, -0.05) is 189 Å². The molecule has 0 rings (SSSR count). The summed E-state index contributed by atoms with van der Waals surface area (Å²) in [6.45, 7) is 6.37. The lowest BCUT2D eigenvalue weighted by atomic mass is 10.1. The van der Waals surface area contributed by atoms with E-state index >= 15 is 0 Å². The summed E-state index contributed by atoms with van der Waals surface area (Å²) in [7, 11) is 0. The largest absolute Gasteiger partial charge is 0.462 e. The van der Waals surface area contributed by atoms with E-state index in [0.717, 1.165) is 70.6 Å². The van der Waals surface area contributed by atoms with Crippen molar-refractivity contribution in [2.75, 3.05) is 13.2 Å². The van der Waals surface area contributed by atoms with Crippen LogP contribution in [0.1, 0.15) is 201 Å². The zero-order valence-corrected chi connectivity index (χ0v) is 36.8. The molecule has 0 saturated heterocycles. The van der Waals surface area contributed by atoms with Crippen LogP contribution in [0.5, 0.6) is 0 Å². The fourth-order valence-electron chi connectivity index (χ4n) is 5.94. The van der Waals surface area contributed by atoms with Gasteiger partial charge in [-0.2, -0.15) is 0 Å². The molecule has 0 bridgehead atoms. The molecule has 0 aromatic heterocycles. The summed E-state index contributed by atoms with van der Waals surface area (Å²) in [6, 6.07) is 0. The molecule has 324 valence electrons. The quantitative estimate of drug-likeness (QED) is 0.0266. The molecule has 6 heteroatoms. The number of hydrogen-bond acceptors (Lipinski definition) is 6. The second-order valence-electron chi connectivity index (χ2n) is 14.9. The van der Waals surface area contributed by atoms with Crippen molar-refractivity contribution in [3.8, 4) is 0 Å². The zero-order valence-electron chi connectivity index (χ0n) is 36.8. The smallest absolute Gasteiger partial charge is 0.306 e. The van der Waals surface area contributed by atoms with Crippen LogP contribution in [0, 0.1) is 0 Å². The number of allylic oxidation sites excluding steroid dienone is 14. The van der Waals surface area contributed by atoms with Crippen LogP contribution in [0.3, 0.4) is 0 Å². The Morgan fingerprint density at radius 1 is 0.368 bits per heavy atom. The maximum atomic E-state index is 12.7. The molecule has 0 heterocycles. The lowest BCUT2D eigenvalue weighted by Gasteiger charge is -2.18. The summed E-state index contributed by atoms with van der Waals surface area (Å²) in [6.07, 6.45) is 57.3. The molecule has 0 aromatic rings. The number of carbonyl (C=O) groups is 3. The van der Waals surface area contributed by atoms with Gasteiger partial charge >= 0.3 is 17.9 Å². The molecule has 1 unspecified atom stereocenters. The van der Waals surface area contributed by atoms with E-state index < -0.39 is 12.1 Å². The van der Waals surface area contributed by atoms with E-state index in [9.17, 15) is 14.4 Å². The fourth-order valence-corrected chi connectivity index (χ4v) is 5.94. The Balaban J connectivity index is 4.53. The maximum Gasteiger partial charge on any atom is 0.306 e. The molecule has 57 heavy (non-hydrogen) atoms. The summed E-state index contributed by atoms with van der Waals surface area (Å²) >= 11 is 0. The first-order valence-corrected chi connectivity index (χ1v) is 23.1. The van der Waals surface area contributed by atoms with Crippen LogP contribution in [0.2, 0.25) is 0 Å². The van der Waals surface area contributed by atoms with Crippen LogP contribution in [0.4, 0.5) is 0 Å². The van der Waals surface area contributed by atoms with Gasteiger partial charge in [0.05, 0.1) is 0 Å². The van der Waals surface area contributed by atoms with Crippen LogP contribution in [-0.2, 0) is 28.6 Å². The van der Waals surface area contributed by atoms with E-state index in [4.69, 9.17) is 14.2 Å². The third kappa shape index (κ3) is 43.6. The molecule has 0 saturated carbocycles. The predicted molar refractivity (Wildman–Crippen MR) is 242 cm³/mol. The van der Waals surface area contributed by atoms with Gasteiger partial charge < -0.3 is 14.2 Å². The molecule has 0 amide bonds. The highest BCUT2D eigenvalue weighted by Crippen LogP contribution is 2.12. The number of esters is 3. The van der Waals surface area contributed by atoms with Crippen LogP contribution in [0.25, 0.3) is 0 Å². The monoisotopic (exact) mass is 793 g/mol. The molecule has 1 atom stereocenters. The lowest BCUT2D eigenvalue weighted by Crippen LogP contribution is -2.30. The van der Waals surface area contributed by atoms with E-state index in [2.05, 4.69) is 99.8 Å². The van der Waals surface area contributed by atoms with Crippen molar-refractivity contribution in [3.05, 3.63) is 85.1 Å². The molecule has 0 N–H and O–H groups in total. The highest BCUT2D eigenvalue weighted by molar-refractivity contribution is 5.71. The summed E-state index contributed by atoms with van der Waals surface area (Å²) in [4.78, 5) is 37.7. The van der Waals surface area contributed by atoms with E-state index in [1.807, 2.05) is 6.08 Å². The van der Waals surface area contributed by atoms with Crippen molar-refractivity contribution in [1.82, 2.24) is 0 Å². The SMILES string of the molecule is CC/C=C\C/C=C\C/C=C\C/C=C\C/C=C\CCCC(=O)OCC(COC(=O)CCCCCCCCCCC)OC(=O)CC/C=C\C/C=C\CCCCCCCC. The standard InChI is InChI=1S/C51H84O6/c1-4-7-10-13-16-19-21-23-24-25-26-28-29-32-35-38-41-44-50(53)56-47-48(46-55-49(52)43-40-37-34-31-18-15-12-9-6-3)57-51(54)45-42-39-36-33-30-27-22-20-17-14-11-8-5-2/h7,10,16,19,23-24,26-28,30,32,35-36,39,48H,4-6,8-9,11-15,17-18,20-22,25,29,31,33-34,37-38,40-47H2,1-3H3/b10-7-,19-16-,24-23-,28-26-,30-27-,35-32-,39-36-. The Labute approximate surface area is 350 Å². The lowest BCUT2D eigenvalue weighted by molar-refractivity contribution is -0.166. The summed E-state index contributed by atoms with van der Waals surface area (Å²) < 4.78 is 16.6. The molecule has 0 aliphatic rings. The zero-order chi connectivity index (χ0) is 41.5. The summed E-state index contributed by atoms with van der Waals surface area (Å²) in [5.41, 5.74) is 0. The van der Waals surface area contributed by atoms with Crippen molar-refractivity contribution in [1.29, 1.82) is 0 Å². The Kier molecular flexibility index (Phi) is 42.6. The highest BCUT2D eigenvalue weighted by atomic mass is 16.6. The minimum Gasteiger partial charge on any atom is -0.462 e. The Morgan fingerprint density at radius 3 is 1.21 bits per heavy atom. The highest BCUT2D eigenvalue weighted by Gasteiger charge is 2.19. The average Bonchev–Trinajstić information content (AvgIpc) is 3.21. The number of unbranched alkanes of at least 4 members (excludes halogenated alkanes) is 15. The topological polar surface area (TPSA) is 78.9 Å². The molecular weight excluding hydrogens is 709 g/mol. The minimum absolute atomic E-state index is 0.117. The van der Waals surface area contributed by atoms with Gasteiger partial charge in [-0.3, -0.25) is 14.4 Å². The van der Waals surface area contributed by atoms with Gasteiger partial charge in [0.1, 0.15) is 13.2 Å². The maximum absolute atomic E-state index is 12.7. The van der Waals surface area contributed by atoms with E-state index in [1.54, 1.807) is 0 Å². The number of hydrogen-bond donors (Lipinski definition) is 0. The van der Waals surface area contributed by atoms with E-state index in [1.165, 1.54) is 77.0 Å². The fraction of sp³-hybridized carbons (Fsp3) is 0.667. The third-order valence-corrected chi connectivity index (χ3v) is 9.40. The third-order valence-electron chi connectivity index (χ3n) is 9.40. The van der Waals surface area contributed by atoms with Gasteiger partial charge in [0.15, 0.2) is 6.10 Å². The van der Waals surface area contributed by atoms with Gasteiger partial charge in [-0.15, -0.1) is 0 Å². The van der Waals surface area contributed by atoms with Gasteiger partial charge in [0.2, 0.25) is 0 Å². The van der Waals surface area contributed by atoms with E-state index in [-0.39, 0.29) is 38.0 Å². The van der Waals surface area contributed by atoms with Gasteiger partial charge in [0.25, 0.3) is 0 Å². The van der Waals surface area contributed by atoms with Gasteiger partial charge in [-0.05, 0) is 77.0 Å². The number of ether oxygens (including phenoxy) is 3. The molecule has 0 fully saturated rings. The number of carbonyl (C=O) groups excluding carboxylic acids is 3. The molecule has 0 aliphatic carbocycles. The Hall–Kier alpha value is -3.41. The number of rotatable bonds is 40. The first kappa shape index (κ1) is 53.6. The second-order valence-corrected chi connectivity index (χ2v) is 14.9. The molecule has 6 nitrogen and oxygen atoms in total. The molecule has 0 aromatic carbocycles. The van der Waals surface area contributed by atoms with Crippen molar-refractivity contribution in [2.24, 2.45) is 0 Å². The molecule has 0 aliphatic heterocycles. The van der Waals surface area contributed by atoms with Crippen LogP contribution >= 0.6 is 0 Å². The molecular formula is C51H84O6. The Bertz CT molecular complexity index is 1140. The van der Waals surface area contributed by atoms with Crippen molar-refractivity contribution in [2.45, 2.75) is 207 Å². The first-order valence-electron chi connectivity index (χ1n) is 23.1. The van der Waals surface area contributed by atoms with Gasteiger partial charge in [-0.25, -0.2) is 0 Å². The Morgan fingerprint density at radius 2 is 0.737 bits per heavy atom. The van der Waals surface area contributed by atoms with Crippen molar-refractivity contribution in [3.63, 3.8) is 0 Å². The van der Waals surface area contributed by atoms with Crippen molar-refractivity contribution < 1.29 is 28.6 Å². The second kappa shape index (κ2) is 45.3. The van der Waals surface area contributed by atoms with Crippen LogP contribution in [0.15, 0.2) is 85.1 Å². The molecule has 0 radical (unpaired) electrons.